The Morgan fingerprint density at radius 2 is 2.29 bits per heavy atom. The molecule has 1 heterocycles. The standard InChI is InChI=1S/C10H12O4/c1-5-9(12)6-3-2-4-7(11)8(6)10(13)14-5/h2,4-6,9,11-12H,3H2,1H3/t5-,6-,9-/m0/s1. The largest absolute Gasteiger partial charge is 0.507 e. The van der Waals surface area contributed by atoms with Crippen LogP contribution in [-0.4, -0.2) is 28.4 Å². The van der Waals surface area contributed by atoms with Gasteiger partial charge in [-0.3, -0.25) is 0 Å². The van der Waals surface area contributed by atoms with Crippen LogP contribution in [0.2, 0.25) is 0 Å². The van der Waals surface area contributed by atoms with Crippen LogP contribution in [0.1, 0.15) is 13.3 Å². The Morgan fingerprint density at radius 3 is 3.00 bits per heavy atom. The lowest BCUT2D eigenvalue weighted by atomic mass is 9.82. The zero-order valence-corrected chi connectivity index (χ0v) is 7.80. The molecule has 0 unspecified atom stereocenters. The number of esters is 1. The number of carbonyl (C=O) groups excluding carboxylic acids is 1. The van der Waals surface area contributed by atoms with Gasteiger partial charge in [-0.25, -0.2) is 4.79 Å². The van der Waals surface area contributed by atoms with Crippen LogP contribution in [-0.2, 0) is 9.53 Å². The third-order valence-corrected chi connectivity index (χ3v) is 2.72. The summed E-state index contributed by atoms with van der Waals surface area (Å²) in [7, 11) is 0. The van der Waals surface area contributed by atoms with Gasteiger partial charge in [-0.15, -0.1) is 0 Å². The Labute approximate surface area is 81.5 Å². The van der Waals surface area contributed by atoms with E-state index in [9.17, 15) is 15.0 Å². The van der Waals surface area contributed by atoms with Crippen molar-refractivity contribution < 1.29 is 19.7 Å². The second-order valence-electron chi connectivity index (χ2n) is 3.64. The van der Waals surface area contributed by atoms with Crippen molar-refractivity contribution >= 4 is 5.97 Å². The molecule has 0 amide bonds. The molecule has 0 bridgehead atoms. The van der Waals surface area contributed by atoms with Crippen molar-refractivity contribution in [3.8, 4) is 0 Å². The highest BCUT2D eigenvalue weighted by Crippen LogP contribution is 2.34. The minimum atomic E-state index is -0.727. The number of fused-ring (bicyclic) bond motifs is 1. The number of ether oxygens (including phenoxy) is 1. The lowest BCUT2D eigenvalue weighted by Crippen LogP contribution is -2.44. The lowest BCUT2D eigenvalue weighted by Gasteiger charge is -2.34. The smallest absolute Gasteiger partial charge is 0.338 e. The summed E-state index contributed by atoms with van der Waals surface area (Å²) in [5.74, 6) is -0.928. The monoisotopic (exact) mass is 196 g/mol. The molecule has 1 aliphatic heterocycles. The highest BCUT2D eigenvalue weighted by atomic mass is 16.6. The maximum atomic E-state index is 11.4. The molecular formula is C10H12O4. The van der Waals surface area contributed by atoms with E-state index < -0.39 is 18.2 Å². The van der Waals surface area contributed by atoms with Crippen molar-refractivity contribution in [1.29, 1.82) is 0 Å². The number of allylic oxidation sites excluding steroid dienone is 2. The Hall–Kier alpha value is -1.29. The van der Waals surface area contributed by atoms with E-state index in [0.717, 1.165) is 0 Å². The SMILES string of the molecule is C[C@@H]1OC(=O)C2=C(O)C=CC[C@@H]2[C@H]1O. The van der Waals surface area contributed by atoms with Gasteiger partial charge in [-0.2, -0.15) is 0 Å². The third-order valence-electron chi connectivity index (χ3n) is 2.72. The molecule has 3 atom stereocenters. The summed E-state index contributed by atoms with van der Waals surface area (Å²) in [6, 6.07) is 0. The molecular weight excluding hydrogens is 184 g/mol. The van der Waals surface area contributed by atoms with E-state index in [-0.39, 0.29) is 17.3 Å². The molecule has 0 aromatic rings. The van der Waals surface area contributed by atoms with Crippen LogP contribution >= 0.6 is 0 Å². The summed E-state index contributed by atoms with van der Waals surface area (Å²) in [5, 5.41) is 19.2. The summed E-state index contributed by atoms with van der Waals surface area (Å²) in [4.78, 5) is 11.4. The third kappa shape index (κ3) is 1.23. The van der Waals surface area contributed by atoms with Gasteiger partial charge in [0.1, 0.15) is 11.9 Å². The molecule has 0 aromatic carbocycles. The van der Waals surface area contributed by atoms with Crippen LogP contribution in [0.15, 0.2) is 23.5 Å². The second-order valence-corrected chi connectivity index (χ2v) is 3.64. The van der Waals surface area contributed by atoms with Crippen molar-refractivity contribution in [2.24, 2.45) is 5.92 Å². The van der Waals surface area contributed by atoms with E-state index in [1.165, 1.54) is 6.08 Å². The highest BCUT2D eigenvalue weighted by Gasteiger charge is 2.41. The Morgan fingerprint density at radius 1 is 1.57 bits per heavy atom. The molecule has 2 aliphatic rings. The highest BCUT2D eigenvalue weighted by molar-refractivity contribution is 5.91. The van der Waals surface area contributed by atoms with E-state index in [2.05, 4.69) is 0 Å². The fourth-order valence-corrected chi connectivity index (χ4v) is 1.92. The fraction of sp³-hybridized carbons (Fsp3) is 0.500. The first kappa shape index (κ1) is 9.27. The van der Waals surface area contributed by atoms with Crippen LogP contribution in [0.5, 0.6) is 0 Å². The Balaban J connectivity index is 2.40. The minimum Gasteiger partial charge on any atom is -0.507 e. The molecule has 4 nitrogen and oxygen atoms in total. The van der Waals surface area contributed by atoms with Gasteiger partial charge in [0, 0.05) is 5.92 Å². The molecule has 1 saturated heterocycles. The van der Waals surface area contributed by atoms with Gasteiger partial charge in [-0.1, -0.05) is 6.08 Å². The summed E-state index contributed by atoms with van der Waals surface area (Å²) < 4.78 is 4.90. The van der Waals surface area contributed by atoms with Crippen LogP contribution in [0.3, 0.4) is 0 Å². The van der Waals surface area contributed by atoms with E-state index in [4.69, 9.17) is 4.74 Å². The number of cyclic esters (lactones) is 1. The van der Waals surface area contributed by atoms with Crippen LogP contribution in [0.25, 0.3) is 0 Å². The normalized spacial score (nSPS) is 36.7. The predicted molar refractivity (Wildman–Crippen MR) is 48.5 cm³/mol. The van der Waals surface area contributed by atoms with Gasteiger partial charge in [0.2, 0.25) is 0 Å². The minimum absolute atomic E-state index is 0.0859. The van der Waals surface area contributed by atoms with E-state index in [0.29, 0.717) is 6.42 Å². The van der Waals surface area contributed by atoms with E-state index in [1.807, 2.05) is 0 Å². The number of carbonyl (C=O) groups is 1. The summed E-state index contributed by atoms with van der Waals surface area (Å²) in [5.41, 5.74) is 0.207. The van der Waals surface area contributed by atoms with Crippen molar-refractivity contribution in [3.63, 3.8) is 0 Å². The molecule has 0 saturated carbocycles. The first-order chi connectivity index (χ1) is 6.61. The average molecular weight is 196 g/mol. The molecule has 0 aromatic heterocycles. The van der Waals surface area contributed by atoms with Crippen LogP contribution in [0, 0.1) is 5.92 Å². The Kier molecular flexibility index (Phi) is 2.07. The molecule has 2 rings (SSSR count). The van der Waals surface area contributed by atoms with Crippen LogP contribution in [0.4, 0.5) is 0 Å². The number of hydrogen-bond donors (Lipinski definition) is 2. The molecule has 14 heavy (non-hydrogen) atoms. The van der Waals surface area contributed by atoms with Crippen molar-refractivity contribution in [2.45, 2.75) is 25.6 Å². The second kappa shape index (κ2) is 3.13. The maximum Gasteiger partial charge on any atom is 0.338 e. The van der Waals surface area contributed by atoms with Crippen molar-refractivity contribution in [2.75, 3.05) is 0 Å². The molecule has 0 radical (unpaired) electrons. The van der Waals surface area contributed by atoms with Crippen LogP contribution < -0.4 is 0 Å². The number of rotatable bonds is 0. The summed E-state index contributed by atoms with van der Waals surface area (Å²) in [6.45, 7) is 1.65. The number of aliphatic hydroxyl groups is 2. The lowest BCUT2D eigenvalue weighted by molar-refractivity contribution is -0.159. The quantitative estimate of drug-likeness (QED) is 0.559. The van der Waals surface area contributed by atoms with E-state index >= 15 is 0 Å². The predicted octanol–water partition coefficient (Wildman–Crippen LogP) is 0.681. The first-order valence-electron chi connectivity index (χ1n) is 4.60. The van der Waals surface area contributed by atoms with E-state index in [1.54, 1.807) is 13.0 Å². The average Bonchev–Trinajstić information content (AvgIpc) is 2.14. The van der Waals surface area contributed by atoms with Crippen molar-refractivity contribution in [3.05, 3.63) is 23.5 Å². The molecule has 1 aliphatic carbocycles. The summed E-state index contributed by atoms with van der Waals surface area (Å²) in [6.07, 6.45) is 2.55. The molecule has 76 valence electrons. The molecule has 4 heteroatoms. The zero-order valence-electron chi connectivity index (χ0n) is 7.80. The molecule has 1 fully saturated rings. The van der Waals surface area contributed by atoms with Crippen molar-refractivity contribution in [1.82, 2.24) is 0 Å². The van der Waals surface area contributed by atoms with Gasteiger partial charge in [0.25, 0.3) is 0 Å². The van der Waals surface area contributed by atoms with Gasteiger partial charge < -0.3 is 14.9 Å². The Bertz CT molecular complexity index is 329. The molecule has 0 spiro atoms. The summed E-state index contributed by atoms with van der Waals surface area (Å²) >= 11 is 0. The number of aliphatic hydroxyl groups excluding tert-OH is 2. The van der Waals surface area contributed by atoms with Gasteiger partial charge in [-0.05, 0) is 19.4 Å². The number of hydrogen-bond acceptors (Lipinski definition) is 4. The maximum absolute atomic E-state index is 11.4. The van der Waals surface area contributed by atoms with Gasteiger partial charge in [0.05, 0.1) is 11.7 Å². The molecule has 2 N–H and O–H groups in total. The fourth-order valence-electron chi connectivity index (χ4n) is 1.92. The topological polar surface area (TPSA) is 66.8 Å². The first-order valence-corrected chi connectivity index (χ1v) is 4.60. The zero-order chi connectivity index (χ0) is 10.3. The van der Waals surface area contributed by atoms with Gasteiger partial charge in [0.15, 0.2) is 0 Å². The van der Waals surface area contributed by atoms with Gasteiger partial charge >= 0.3 is 5.97 Å².